The third kappa shape index (κ3) is 5.05. The zero-order valence-corrected chi connectivity index (χ0v) is 13.0. The van der Waals surface area contributed by atoms with Gasteiger partial charge in [0.05, 0.1) is 12.4 Å². The zero-order valence-electron chi connectivity index (χ0n) is 12.1. The summed E-state index contributed by atoms with van der Waals surface area (Å²) in [5.74, 6) is -0.0175. The molecule has 0 saturated heterocycles. The Bertz CT molecular complexity index is 428. The van der Waals surface area contributed by atoms with E-state index >= 15 is 0 Å². The van der Waals surface area contributed by atoms with Crippen LogP contribution in [-0.2, 0) is 19.1 Å². The molecular formula is C14H25NO4S. The van der Waals surface area contributed by atoms with Crippen molar-refractivity contribution in [1.82, 2.24) is 5.32 Å². The normalized spacial score (nSPS) is 29.1. The fourth-order valence-corrected chi connectivity index (χ4v) is 3.95. The van der Waals surface area contributed by atoms with Crippen LogP contribution in [0.25, 0.3) is 0 Å². The predicted molar refractivity (Wildman–Crippen MR) is 76.7 cm³/mol. The average molecular weight is 303 g/mol. The molecule has 0 spiro atoms. The van der Waals surface area contributed by atoms with E-state index in [4.69, 9.17) is 4.18 Å². The lowest BCUT2D eigenvalue weighted by atomic mass is 9.86. The van der Waals surface area contributed by atoms with Crippen LogP contribution in [0.1, 0.15) is 57.8 Å². The van der Waals surface area contributed by atoms with E-state index in [2.05, 4.69) is 5.32 Å². The first-order chi connectivity index (χ1) is 9.44. The van der Waals surface area contributed by atoms with E-state index in [1.165, 1.54) is 19.3 Å². The molecule has 2 fully saturated rings. The molecule has 1 N–H and O–H groups in total. The van der Waals surface area contributed by atoms with Crippen molar-refractivity contribution in [2.45, 2.75) is 69.9 Å². The maximum Gasteiger partial charge on any atom is 0.264 e. The van der Waals surface area contributed by atoms with Gasteiger partial charge < -0.3 is 5.32 Å². The van der Waals surface area contributed by atoms with Crippen molar-refractivity contribution >= 4 is 16.0 Å². The summed E-state index contributed by atoms with van der Waals surface area (Å²) in [6.45, 7) is 0. The van der Waals surface area contributed by atoms with Gasteiger partial charge in [-0.25, -0.2) is 0 Å². The second-order valence-corrected chi connectivity index (χ2v) is 7.73. The van der Waals surface area contributed by atoms with Crippen LogP contribution in [-0.4, -0.2) is 32.7 Å². The van der Waals surface area contributed by atoms with Gasteiger partial charge in [-0.3, -0.25) is 8.98 Å². The van der Waals surface area contributed by atoms with Gasteiger partial charge in [-0.05, 0) is 32.1 Å². The van der Waals surface area contributed by atoms with Gasteiger partial charge >= 0.3 is 0 Å². The summed E-state index contributed by atoms with van der Waals surface area (Å²) >= 11 is 0. The summed E-state index contributed by atoms with van der Waals surface area (Å²) in [4.78, 5) is 12.3. The van der Waals surface area contributed by atoms with Crippen LogP contribution in [0.15, 0.2) is 0 Å². The lowest BCUT2D eigenvalue weighted by molar-refractivity contribution is -0.127. The van der Waals surface area contributed by atoms with E-state index in [1.807, 2.05) is 0 Å². The van der Waals surface area contributed by atoms with Crippen molar-refractivity contribution in [2.24, 2.45) is 5.92 Å². The van der Waals surface area contributed by atoms with Crippen molar-refractivity contribution in [1.29, 1.82) is 0 Å². The molecular weight excluding hydrogens is 278 g/mol. The van der Waals surface area contributed by atoms with Gasteiger partial charge in [0.2, 0.25) is 5.91 Å². The van der Waals surface area contributed by atoms with Crippen molar-refractivity contribution in [3.63, 3.8) is 0 Å². The first kappa shape index (κ1) is 15.8. The molecule has 2 aliphatic rings. The van der Waals surface area contributed by atoms with Crippen LogP contribution in [0, 0.1) is 5.92 Å². The van der Waals surface area contributed by atoms with Gasteiger partial charge in [-0.15, -0.1) is 0 Å². The van der Waals surface area contributed by atoms with Gasteiger partial charge in [-0.2, -0.15) is 8.42 Å². The summed E-state index contributed by atoms with van der Waals surface area (Å²) in [6, 6.07) is 0.312. The molecule has 0 radical (unpaired) electrons. The Kier molecular flexibility index (Phi) is 5.43. The summed E-state index contributed by atoms with van der Waals surface area (Å²) in [7, 11) is -3.43. The van der Waals surface area contributed by atoms with Crippen LogP contribution in [0.3, 0.4) is 0 Å². The highest BCUT2D eigenvalue weighted by molar-refractivity contribution is 7.86. The molecule has 0 aromatic rings. The Hall–Kier alpha value is -0.620. The van der Waals surface area contributed by atoms with E-state index in [9.17, 15) is 13.2 Å². The van der Waals surface area contributed by atoms with Gasteiger partial charge in [0.25, 0.3) is 10.1 Å². The Morgan fingerprint density at radius 1 is 1.05 bits per heavy atom. The Balaban J connectivity index is 1.83. The molecule has 5 nitrogen and oxygen atoms in total. The number of nitrogens with one attached hydrogen (secondary N) is 1. The maximum atomic E-state index is 12.3. The van der Waals surface area contributed by atoms with Crippen molar-refractivity contribution in [3.05, 3.63) is 0 Å². The number of carbonyl (C=O) groups excluding carboxylic acids is 1. The fourth-order valence-electron chi connectivity index (χ4n) is 3.28. The second kappa shape index (κ2) is 6.89. The maximum absolute atomic E-state index is 12.3. The molecule has 6 heteroatoms. The van der Waals surface area contributed by atoms with Crippen molar-refractivity contribution < 1.29 is 17.4 Å². The summed E-state index contributed by atoms with van der Waals surface area (Å²) in [5.41, 5.74) is 0. The Morgan fingerprint density at radius 3 is 2.40 bits per heavy atom. The highest BCUT2D eigenvalue weighted by atomic mass is 32.2. The molecule has 2 aliphatic carbocycles. The smallest absolute Gasteiger partial charge is 0.264 e. The van der Waals surface area contributed by atoms with E-state index in [0.29, 0.717) is 12.5 Å². The lowest BCUT2D eigenvalue weighted by Gasteiger charge is -2.30. The quantitative estimate of drug-likeness (QED) is 0.806. The summed E-state index contributed by atoms with van der Waals surface area (Å²) in [5, 5.41) is 3.13. The zero-order chi connectivity index (χ0) is 14.6. The van der Waals surface area contributed by atoms with Crippen LogP contribution in [0.4, 0.5) is 0 Å². The average Bonchev–Trinajstić information content (AvgIpc) is 2.38. The second-order valence-electron chi connectivity index (χ2n) is 6.13. The molecule has 0 aromatic heterocycles. The third-order valence-electron chi connectivity index (χ3n) is 4.26. The molecule has 2 atom stereocenters. The molecule has 0 heterocycles. The first-order valence-electron chi connectivity index (χ1n) is 7.62. The van der Waals surface area contributed by atoms with E-state index in [1.54, 1.807) is 0 Å². The predicted octanol–water partition coefficient (Wildman–Crippen LogP) is 1.97. The number of hydrogen-bond donors (Lipinski definition) is 1. The molecule has 0 aliphatic heterocycles. The van der Waals surface area contributed by atoms with E-state index in [0.717, 1.165) is 38.4 Å². The lowest BCUT2D eigenvalue weighted by Crippen LogP contribution is -2.42. The molecule has 2 rings (SSSR count). The minimum Gasteiger partial charge on any atom is -0.353 e. The molecule has 0 bridgehead atoms. The van der Waals surface area contributed by atoms with Gasteiger partial charge in [0.1, 0.15) is 0 Å². The minimum atomic E-state index is -3.43. The Morgan fingerprint density at radius 2 is 1.75 bits per heavy atom. The number of rotatable bonds is 4. The van der Waals surface area contributed by atoms with Gasteiger partial charge in [0.15, 0.2) is 0 Å². The molecule has 1 amide bonds. The van der Waals surface area contributed by atoms with Crippen LogP contribution < -0.4 is 5.32 Å². The minimum absolute atomic E-state index is 0.0821. The van der Waals surface area contributed by atoms with Crippen LogP contribution in [0.5, 0.6) is 0 Å². The van der Waals surface area contributed by atoms with Crippen LogP contribution >= 0.6 is 0 Å². The molecule has 116 valence electrons. The molecule has 20 heavy (non-hydrogen) atoms. The molecule has 0 aromatic carbocycles. The van der Waals surface area contributed by atoms with Crippen LogP contribution in [0.2, 0.25) is 0 Å². The number of amides is 1. The van der Waals surface area contributed by atoms with Gasteiger partial charge in [-0.1, -0.05) is 25.7 Å². The summed E-state index contributed by atoms with van der Waals surface area (Å²) in [6.07, 6.45) is 9.45. The van der Waals surface area contributed by atoms with Crippen molar-refractivity contribution in [2.75, 3.05) is 6.26 Å². The highest BCUT2D eigenvalue weighted by Gasteiger charge is 2.30. The number of hydrogen-bond acceptors (Lipinski definition) is 4. The standard InChI is InChI=1S/C14H25NO4S/c1-20(17,18)19-13-9-5-6-11(10-13)14(16)15-12-7-3-2-4-8-12/h11-13H,2-10H2,1H3,(H,15,16). The highest BCUT2D eigenvalue weighted by Crippen LogP contribution is 2.28. The van der Waals surface area contributed by atoms with E-state index < -0.39 is 10.1 Å². The van der Waals surface area contributed by atoms with Gasteiger partial charge in [0, 0.05) is 12.0 Å². The summed E-state index contributed by atoms with van der Waals surface area (Å²) < 4.78 is 27.4. The fraction of sp³-hybridized carbons (Fsp3) is 0.929. The topological polar surface area (TPSA) is 72.5 Å². The molecule has 2 saturated carbocycles. The monoisotopic (exact) mass is 303 g/mol. The van der Waals surface area contributed by atoms with E-state index in [-0.39, 0.29) is 17.9 Å². The third-order valence-corrected chi connectivity index (χ3v) is 4.88. The van der Waals surface area contributed by atoms with Crippen molar-refractivity contribution in [3.8, 4) is 0 Å². The number of carbonyl (C=O) groups is 1. The largest absolute Gasteiger partial charge is 0.353 e. The Labute approximate surface area is 121 Å². The SMILES string of the molecule is CS(=O)(=O)OC1CCCC(C(=O)NC2CCCCC2)C1. The first-order valence-corrected chi connectivity index (χ1v) is 9.44. The molecule has 2 unspecified atom stereocenters.